The molecule has 0 aliphatic rings. The van der Waals surface area contributed by atoms with Crippen LogP contribution in [-0.2, 0) is 32.7 Å². The molecule has 0 fully saturated rings. The summed E-state index contributed by atoms with van der Waals surface area (Å²) < 4.78 is 32.9. The van der Waals surface area contributed by atoms with Crippen LogP contribution in [0.25, 0.3) is 0 Å². The van der Waals surface area contributed by atoms with Gasteiger partial charge in [-0.2, -0.15) is 0 Å². The van der Waals surface area contributed by atoms with E-state index in [1.807, 2.05) is 0 Å². The maximum absolute atomic E-state index is 12.7. The lowest BCUT2D eigenvalue weighted by atomic mass is 10.0. The Morgan fingerprint density at radius 2 is 0.768 bits per heavy atom. The van der Waals surface area contributed by atoms with Gasteiger partial charge in [-0.3, -0.25) is 18.6 Å². The van der Waals surface area contributed by atoms with E-state index in [1.165, 1.54) is 199 Å². The molecular weight excluding hydrogens is 882 g/mol. The van der Waals surface area contributed by atoms with E-state index >= 15 is 0 Å². The summed E-state index contributed by atoms with van der Waals surface area (Å²) in [4.78, 5) is 35.0. The summed E-state index contributed by atoms with van der Waals surface area (Å²) in [5.74, 6) is -0.828. The van der Waals surface area contributed by atoms with Crippen molar-refractivity contribution >= 4 is 19.8 Å². The van der Waals surface area contributed by atoms with Gasteiger partial charge in [0.1, 0.15) is 6.61 Å². The Bertz CT molecular complexity index is 1220. The third-order valence-electron chi connectivity index (χ3n) is 13.0. The zero-order valence-corrected chi connectivity index (χ0v) is 46.2. The molecule has 406 valence electrons. The van der Waals surface area contributed by atoms with Crippen LogP contribution in [0.2, 0.25) is 0 Å². The number of hydrogen-bond acceptors (Lipinski definition) is 8. The van der Waals surface area contributed by atoms with Crippen LogP contribution in [0.1, 0.15) is 296 Å². The number of unbranched alkanes of at least 4 members (excludes halogenated alkanes) is 37. The van der Waals surface area contributed by atoms with Gasteiger partial charge < -0.3 is 20.1 Å². The van der Waals surface area contributed by atoms with Crippen LogP contribution >= 0.6 is 7.82 Å². The molecule has 0 amide bonds. The molecule has 69 heavy (non-hydrogen) atoms. The molecule has 0 saturated heterocycles. The van der Waals surface area contributed by atoms with Crippen molar-refractivity contribution in [2.45, 2.75) is 302 Å². The van der Waals surface area contributed by atoms with E-state index in [0.29, 0.717) is 6.42 Å². The van der Waals surface area contributed by atoms with E-state index < -0.39 is 26.5 Å². The average molecular weight is 995 g/mol. The number of hydrogen-bond donors (Lipinski definition) is 2. The van der Waals surface area contributed by atoms with Crippen molar-refractivity contribution in [3.8, 4) is 0 Å². The van der Waals surface area contributed by atoms with Crippen molar-refractivity contribution in [2.75, 3.05) is 26.4 Å². The third kappa shape index (κ3) is 55.4. The smallest absolute Gasteiger partial charge is 0.462 e. The van der Waals surface area contributed by atoms with Gasteiger partial charge in [-0.15, -0.1) is 0 Å². The second kappa shape index (κ2) is 55.5. The van der Waals surface area contributed by atoms with Gasteiger partial charge >= 0.3 is 19.8 Å². The lowest BCUT2D eigenvalue weighted by Gasteiger charge is -2.19. The number of ether oxygens (including phenoxy) is 2. The number of esters is 2. The summed E-state index contributed by atoms with van der Waals surface area (Å²) in [5.41, 5.74) is 5.37. The summed E-state index contributed by atoms with van der Waals surface area (Å²) in [6.07, 6.45) is 66.7. The van der Waals surface area contributed by atoms with Crippen LogP contribution in [-0.4, -0.2) is 49.3 Å². The van der Waals surface area contributed by atoms with Gasteiger partial charge in [0.2, 0.25) is 0 Å². The molecule has 2 atom stereocenters. The van der Waals surface area contributed by atoms with Crippen molar-refractivity contribution in [1.29, 1.82) is 0 Å². The normalized spacial score (nSPS) is 13.3. The minimum Gasteiger partial charge on any atom is -0.462 e. The SMILES string of the molecule is CCCC/C=C\CCCCCCCC(=O)OCC(COP(=O)(O)OCCN)OC(=O)CCCCCCCCCCCCCCCCCCCCCCCCCCC/C=C\C/C=C\CCCCCCC. The first kappa shape index (κ1) is 67.2. The van der Waals surface area contributed by atoms with Crippen LogP contribution in [0.15, 0.2) is 36.5 Å². The highest BCUT2D eigenvalue weighted by Crippen LogP contribution is 2.43. The fraction of sp³-hybridized carbons (Fsp3) is 0.864. The van der Waals surface area contributed by atoms with Crippen molar-refractivity contribution in [2.24, 2.45) is 5.73 Å². The Morgan fingerprint density at radius 3 is 1.16 bits per heavy atom. The van der Waals surface area contributed by atoms with Crippen molar-refractivity contribution < 1.29 is 37.6 Å². The molecular formula is C59H112NO8P. The molecule has 0 rings (SSSR count). The topological polar surface area (TPSA) is 134 Å². The first-order chi connectivity index (χ1) is 33.8. The monoisotopic (exact) mass is 994 g/mol. The standard InChI is InChI=1S/C59H112NO8P/c1-3-5-7-9-11-13-15-16-17-18-19-20-21-22-23-24-25-26-27-28-29-30-31-32-33-34-35-36-37-38-39-40-42-44-46-48-50-52-59(62)68-57(56-67-69(63,64)66-54-53-60)55-65-58(61)51-49-47-45-43-41-14-12-10-8-6-4-2/h10,12,15-16,18-19,57H,3-9,11,13-14,17,20-56,60H2,1-2H3,(H,63,64)/b12-10-,16-15-,19-18-. The average Bonchev–Trinajstić information content (AvgIpc) is 3.34. The van der Waals surface area contributed by atoms with Gasteiger partial charge in [-0.25, -0.2) is 4.57 Å². The molecule has 0 radical (unpaired) electrons. The largest absolute Gasteiger partial charge is 0.472 e. The predicted molar refractivity (Wildman–Crippen MR) is 294 cm³/mol. The second-order valence-electron chi connectivity index (χ2n) is 19.9. The van der Waals surface area contributed by atoms with E-state index in [9.17, 15) is 19.0 Å². The van der Waals surface area contributed by atoms with Crippen LogP contribution in [0.5, 0.6) is 0 Å². The van der Waals surface area contributed by atoms with Gasteiger partial charge in [0.15, 0.2) is 6.10 Å². The molecule has 2 unspecified atom stereocenters. The zero-order chi connectivity index (χ0) is 50.2. The van der Waals surface area contributed by atoms with E-state index in [-0.39, 0.29) is 38.6 Å². The van der Waals surface area contributed by atoms with Crippen LogP contribution in [0, 0.1) is 0 Å². The van der Waals surface area contributed by atoms with Gasteiger partial charge in [0.25, 0.3) is 0 Å². The van der Waals surface area contributed by atoms with Gasteiger partial charge in [0.05, 0.1) is 13.2 Å². The maximum Gasteiger partial charge on any atom is 0.472 e. The van der Waals surface area contributed by atoms with Crippen molar-refractivity contribution in [3.63, 3.8) is 0 Å². The molecule has 10 heteroatoms. The number of carbonyl (C=O) groups excluding carboxylic acids is 2. The van der Waals surface area contributed by atoms with E-state index in [4.69, 9.17) is 24.3 Å². The molecule has 0 saturated carbocycles. The number of carbonyl (C=O) groups is 2. The maximum atomic E-state index is 12.7. The molecule has 3 N–H and O–H groups in total. The highest BCUT2D eigenvalue weighted by molar-refractivity contribution is 7.47. The molecule has 0 aromatic heterocycles. The Balaban J connectivity index is 3.73. The Labute approximate surface area is 426 Å². The lowest BCUT2D eigenvalue weighted by Crippen LogP contribution is -2.29. The van der Waals surface area contributed by atoms with E-state index in [1.54, 1.807) is 0 Å². The molecule has 0 aromatic carbocycles. The highest BCUT2D eigenvalue weighted by Gasteiger charge is 2.26. The summed E-state index contributed by atoms with van der Waals surface area (Å²) >= 11 is 0. The van der Waals surface area contributed by atoms with Crippen molar-refractivity contribution in [1.82, 2.24) is 0 Å². The first-order valence-electron chi connectivity index (χ1n) is 29.5. The Kier molecular flexibility index (Phi) is 54.1. The molecule has 0 aliphatic carbocycles. The van der Waals surface area contributed by atoms with Crippen LogP contribution in [0.4, 0.5) is 0 Å². The highest BCUT2D eigenvalue weighted by atomic mass is 31.2. The minimum absolute atomic E-state index is 0.0540. The van der Waals surface area contributed by atoms with Crippen LogP contribution in [0.3, 0.4) is 0 Å². The summed E-state index contributed by atoms with van der Waals surface area (Å²) in [6, 6.07) is 0. The molecule has 0 aliphatic heterocycles. The second-order valence-corrected chi connectivity index (χ2v) is 21.3. The van der Waals surface area contributed by atoms with E-state index in [0.717, 1.165) is 64.2 Å². The fourth-order valence-corrected chi connectivity index (χ4v) is 9.36. The van der Waals surface area contributed by atoms with Gasteiger partial charge in [-0.05, 0) is 64.2 Å². The number of rotatable bonds is 56. The Hall–Kier alpha value is -1.77. The van der Waals surface area contributed by atoms with Crippen molar-refractivity contribution in [3.05, 3.63) is 36.5 Å². The molecule has 0 aromatic rings. The van der Waals surface area contributed by atoms with Gasteiger partial charge in [-0.1, -0.05) is 256 Å². The number of allylic oxidation sites excluding steroid dienone is 6. The van der Waals surface area contributed by atoms with Crippen LogP contribution < -0.4 is 5.73 Å². The molecule has 9 nitrogen and oxygen atoms in total. The number of nitrogens with two attached hydrogens (primary N) is 1. The summed E-state index contributed by atoms with van der Waals surface area (Å²) in [5, 5.41) is 0. The minimum atomic E-state index is -4.38. The molecule has 0 bridgehead atoms. The quantitative estimate of drug-likeness (QED) is 0.0264. The lowest BCUT2D eigenvalue weighted by molar-refractivity contribution is -0.161. The van der Waals surface area contributed by atoms with Gasteiger partial charge in [0, 0.05) is 19.4 Å². The first-order valence-corrected chi connectivity index (χ1v) is 31.0. The zero-order valence-electron chi connectivity index (χ0n) is 45.3. The third-order valence-corrected chi connectivity index (χ3v) is 14.0. The predicted octanol–water partition coefficient (Wildman–Crippen LogP) is 18.4. The summed E-state index contributed by atoms with van der Waals surface area (Å²) in [6.45, 7) is 3.71. The van der Waals surface area contributed by atoms with E-state index in [2.05, 4.69) is 50.3 Å². The number of phosphoric ester groups is 1. The number of phosphoric acid groups is 1. The fourth-order valence-electron chi connectivity index (χ4n) is 8.59. The molecule has 0 spiro atoms. The summed E-state index contributed by atoms with van der Waals surface area (Å²) in [7, 11) is -4.38. The molecule has 0 heterocycles. The Morgan fingerprint density at radius 1 is 0.435 bits per heavy atom.